The summed E-state index contributed by atoms with van der Waals surface area (Å²) in [5.74, 6) is 1.30. The molecule has 0 saturated carbocycles. The second-order valence-electron chi connectivity index (χ2n) is 7.04. The van der Waals surface area contributed by atoms with E-state index in [2.05, 4.69) is 20.6 Å². The van der Waals surface area contributed by atoms with Crippen molar-refractivity contribution in [3.8, 4) is 17.0 Å². The number of hydrogen-bond acceptors (Lipinski definition) is 6. The Morgan fingerprint density at radius 1 is 1.16 bits per heavy atom. The van der Waals surface area contributed by atoms with Crippen LogP contribution in [0.25, 0.3) is 16.9 Å². The molecule has 0 spiro atoms. The van der Waals surface area contributed by atoms with Crippen LogP contribution < -0.4 is 21.1 Å². The zero-order chi connectivity index (χ0) is 21.8. The number of hydrogen-bond donors (Lipinski definition) is 3. The molecule has 4 aromatic rings. The molecular weight excluding hydrogens is 392 g/mol. The minimum atomic E-state index is -0.132. The average Bonchev–Trinajstić information content (AvgIpc) is 3.23. The van der Waals surface area contributed by atoms with E-state index in [1.54, 1.807) is 19.4 Å². The maximum Gasteiger partial charge on any atom is 0.251 e. The molecule has 0 saturated heterocycles. The van der Waals surface area contributed by atoms with Gasteiger partial charge in [0.2, 0.25) is 0 Å². The molecule has 0 fully saturated rings. The van der Waals surface area contributed by atoms with Crippen LogP contribution in [-0.2, 0) is 0 Å². The molecule has 0 atom stereocenters. The van der Waals surface area contributed by atoms with Gasteiger partial charge in [0, 0.05) is 42.3 Å². The lowest BCUT2D eigenvalue weighted by atomic mass is 10.1. The van der Waals surface area contributed by atoms with Crippen LogP contribution in [0.1, 0.15) is 15.9 Å². The molecule has 0 bridgehead atoms. The van der Waals surface area contributed by atoms with E-state index in [9.17, 15) is 4.79 Å². The number of anilines is 2. The van der Waals surface area contributed by atoms with Gasteiger partial charge in [-0.2, -0.15) is 0 Å². The highest BCUT2D eigenvalue weighted by Crippen LogP contribution is 2.27. The Kier molecular flexibility index (Phi) is 5.81. The molecule has 2 heterocycles. The van der Waals surface area contributed by atoms with E-state index in [1.807, 2.05) is 60.1 Å². The van der Waals surface area contributed by atoms with Gasteiger partial charge in [-0.3, -0.25) is 9.20 Å². The summed E-state index contributed by atoms with van der Waals surface area (Å²) in [7, 11) is 1.65. The van der Waals surface area contributed by atoms with Crippen LogP contribution in [0.2, 0.25) is 0 Å². The van der Waals surface area contributed by atoms with Crippen LogP contribution in [-0.4, -0.2) is 40.5 Å². The molecule has 8 nitrogen and oxygen atoms in total. The van der Waals surface area contributed by atoms with Crippen molar-refractivity contribution in [3.05, 3.63) is 72.2 Å². The third kappa shape index (κ3) is 4.19. The SMILES string of the molecule is COc1ccc(-c2cnc3c(Nc4ccc(C(=O)NCCN)c(C)c4)nccn23)cc1. The molecule has 2 aromatic carbocycles. The maximum atomic E-state index is 12.2. The number of amides is 1. The molecular formula is C23H24N6O2. The number of aromatic nitrogens is 3. The van der Waals surface area contributed by atoms with Gasteiger partial charge in [-0.25, -0.2) is 9.97 Å². The van der Waals surface area contributed by atoms with Gasteiger partial charge in [-0.15, -0.1) is 0 Å². The van der Waals surface area contributed by atoms with Gasteiger partial charge in [0.25, 0.3) is 5.91 Å². The van der Waals surface area contributed by atoms with Crippen molar-refractivity contribution in [2.24, 2.45) is 5.73 Å². The smallest absolute Gasteiger partial charge is 0.251 e. The number of carbonyl (C=O) groups is 1. The van der Waals surface area contributed by atoms with Gasteiger partial charge < -0.3 is 21.1 Å². The maximum absolute atomic E-state index is 12.2. The molecule has 8 heteroatoms. The number of aryl methyl sites for hydroxylation is 1. The van der Waals surface area contributed by atoms with Crippen molar-refractivity contribution < 1.29 is 9.53 Å². The molecule has 158 valence electrons. The first-order chi connectivity index (χ1) is 15.1. The Balaban J connectivity index is 1.61. The second-order valence-corrected chi connectivity index (χ2v) is 7.04. The fourth-order valence-electron chi connectivity index (χ4n) is 3.40. The molecule has 0 radical (unpaired) electrons. The van der Waals surface area contributed by atoms with Gasteiger partial charge in [0.1, 0.15) is 5.75 Å². The lowest BCUT2D eigenvalue weighted by molar-refractivity contribution is 0.0954. The lowest BCUT2D eigenvalue weighted by Gasteiger charge is -2.11. The van der Waals surface area contributed by atoms with Crippen molar-refractivity contribution in [1.29, 1.82) is 0 Å². The van der Waals surface area contributed by atoms with E-state index >= 15 is 0 Å². The lowest BCUT2D eigenvalue weighted by Crippen LogP contribution is -2.29. The van der Waals surface area contributed by atoms with Gasteiger partial charge in [0.15, 0.2) is 11.5 Å². The molecule has 0 aliphatic heterocycles. The van der Waals surface area contributed by atoms with Crippen molar-refractivity contribution >= 4 is 23.1 Å². The predicted molar refractivity (Wildman–Crippen MR) is 121 cm³/mol. The highest BCUT2D eigenvalue weighted by atomic mass is 16.5. The summed E-state index contributed by atoms with van der Waals surface area (Å²) in [5, 5.41) is 6.10. The fraction of sp³-hybridized carbons (Fsp3) is 0.174. The number of ether oxygens (including phenoxy) is 1. The van der Waals surface area contributed by atoms with Gasteiger partial charge >= 0.3 is 0 Å². The molecule has 2 aromatic heterocycles. The number of benzene rings is 2. The van der Waals surface area contributed by atoms with Crippen molar-refractivity contribution in [3.63, 3.8) is 0 Å². The van der Waals surface area contributed by atoms with E-state index in [4.69, 9.17) is 10.5 Å². The molecule has 31 heavy (non-hydrogen) atoms. The van der Waals surface area contributed by atoms with Gasteiger partial charge in [0.05, 0.1) is 19.0 Å². The fourth-order valence-corrected chi connectivity index (χ4v) is 3.40. The summed E-state index contributed by atoms with van der Waals surface area (Å²) in [6.07, 6.45) is 5.43. The molecule has 4 rings (SSSR count). The zero-order valence-corrected chi connectivity index (χ0v) is 17.4. The van der Waals surface area contributed by atoms with Crippen LogP contribution in [0, 0.1) is 6.92 Å². The Bertz CT molecular complexity index is 1220. The number of imidazole rings is 1. The number of fused-ring (bicyclic) bond motifs is 1. The number of nitrogens with one attached hydrogen (secondary N) is 2. The second kappa shape index (κ2) is 8.85. The number of nitrogens with two attached hydrogens (primary N) is 1. The van der Waals surface area contributed by atoms with Crippen molar-refractivity contribution in [2.45, 2.75) is 6.92 Å². The van der Waals surface area contributed by atoms with E-state index in [0.717, 1.165) is 28.3 Å². The largest absolute Gasteiger partial charge is 0.497 e. The Morgan fingerprint density at radius 2 is 1.97 bits per heavy atom. The first-order valence-electron chi connectivity index (χ1n) is 9.93. The van der Waals surface area contributed by atoms with E-state index < -0.39 is 0 Å². The average molecular weight is 416 g/mol. The first kappa shape index (κ1) is 20.4. The molecule has 0 unspecified atom stereocenters. The molecule has 1 amide bonds. The number of methoxy groups -OCH3 is 1. The van der Waals surface area contributed by atoms with Gasteiger partial charge in [-0.1, -0.05) is 0 Å². The van der Waals surface area contributed by atoms with E-state index in [1.165, 1.54) is 0 Å². The predicted octanol–water partition coefficient (Wildman–Crippen LogP) is 3.15. The third-order valence-corrected chi connectivity index (χ3v) is 4.98. The van der Waals surface area contributed by atoms with Crippen LogP contribution in [0.5, 0.6) is 5.75 Å². The third-order valence-electron chi connectivity index (χ3n) is 4.98. The van der Waals surface area contributed by atoms with Crippen molar-refractivity contribution in [2.75, 3.05) is 25.5 Å². The molecule has 0 aliphatic carbocycles. The van der Waals surface area contributed by atoms with E-state index in [-0.39, 0.29) is 5.91 Å². The monoisotopic (exact) mass is 416 g/mol. The molecule has 4 N–H and O–H groups in total. The highest BCUT2D eigenvalue weighted by molar-refractivity contribution is 5.96. The van der Waals surface area contributed by atoms with E-state index in [0.29, 0.717) is 30.1 Å². The van der Waals surface area contributed by atoms with Gasteiger partial charge in [-0.05, 0) is 55.0 Å². The minimum Gasteiger partial charge on any atom is -0.497 e. The van der Waals surface area contributed by atoms with Crippen LogP contribution >= 0.6 is 0 Å². The summed E-state index contributed by atoms with van der Waals surface area (Å²) >= 11 is 0. The zero-order valence-electron chi connectivity index (χ0n) is 17.4. The first-order valence-corrected chi connectivity index (χ1v) is 9.93. The Morgan fingerprint density at radius 3 is 2.68 bits per heavy atom. The Labute approximate surface area is 180 Å². The number of carbonyl (C=O) groups excluding carboxylic acids is 1. The Hall–Kier alpha value is -3.91. The normalized spacial score (nSPS) is 10.8. The summed E-state index contributed by atoms with van der Waals surface area (Å²) in [6, 6.07) is 13.4. The highest BCUT2D eigenvalue weighted by Gasteiger charge is 2.13. The van der Waals surface area contributed by atoms with Crippen LogP contribution in [0.3, 0.4) is 0 Å². The van der Waals surface area contributed by atoms with Crippen LogP contribution in [0.4, 0.5) is 11.5 Å². The van der Waals surface area contributed by atoms with Crippen LogP contribution in [0.15, 0.2) is 61.1 Å². The molecule has 0 aliphatic rings. The topological polar surface area (TPSA) is 107 Å². The quantitative estimate of drug-likeness (QED) is 0.427. The summed E-state index contributed by atoms with van der Waals surface area (Å²) in [6.45, 7) is 2.75. The standard InChI is InChI=1S/C23H24N6O2/c1-15-13-17(5-8-19(15)23(30)26-10-9-24)28-21-22-27-14-20(29(22)12-11-25-21)16-3-6-18(31-2)7-4-16/h3-8,11-14H,9-10,24H2,1-2H3,(H,25,28)(H,26,30). The summed E-state index contributed by atoms with van der Waals surface area (Å²) in [5.41, 5.74) is 10.4. The van der Waals surface area contributed by atoms with Crippen molar-refractivity contribution in [1.82, 2.24) is 19.7 Å². The summed E-state index contributed by atoms with van der Waals surface area (Å²) < 4.78 is 7.22. The summed E-state index contributed by atoms with van der Waals surface area (Å²) in [4.78, 5) is 21.2. The minimum absolute atomic E-state index is 0.132. The number of nitrogens with zero attached hydrogens (tertiary/aromatic N) is 3. The number of rotatable bonds is 7.